The van der Waals surface area contributed by atoms with Crippen LogP contribution in [0, 0.1) is 0 Å². The summed E-state index contributed by atoms with van der Waals surface area (Å²) < 4.78 is 28.0. The fourth-order valence-corrected chi connectivity index (χ4v) is 3.64. The SMILES string of the molecule is O=C(c1cc(S(=O)(=O)Cl)c(Cl)cc1Cl)N1CCOCC1. The maximum atomic E-state index is 12.3. The maximum Gasteiger partial charge on any atom is 0.262 e. The topological polar surface area (TPSA) is 63.7 Å². The Labute approximate surface area is 130 Å². The van der Waals surface area contributed by atoms with Gasteiger partial charge in [-0.05, 0) is 12.1 Å². The summed E-state index contributed by atoms with van der Waals surface area (Å²) >= 11 is 11.7. The van der Waals surface area contributed by atoms with Crippen LogP contribution in [0.2, 0.25) is 10.0 Å². The van der Waals surface area contributed by atoms with Gasteiger partial charge in [-0.15, -0.1) is 0 Å². The Morgan fingerprint density at radius 2 is 1.75 bits per heavy atom. The molecule has 1 aliphatic heterocycles. The normalized spacial score (nSPS) is 16.2. The molecule has 0 radical (unpaired) electrons. The third-order valence-corrected chi connectivity index (χ3v) is 4.91. The lowest BCUT2D eigenvalue weighted by Gasteiger charge is -2.27. The van der Waals surface area contributed by atoms with Gasteiger partial charge >= 0.3 is 0 Å². The van der Waals surface area contributed by atoms with E-state index in [0.717, 1.165) is 6.07 Å². The van der Waals surface area contributed by atoms with E-state index < -0.39 is 9.05 Å². The second kappa shape index (κ2) is 6.07. The van der Waals surface area contributed by atoms with E-state index in [1.165, 1.54) is 11.0 Å². The Balaban J connectivity index is 2.43. The van der Waals surface area contributed by atoms with E-state index in [9.17, 15) is 13.2 Å². The molecule has 0 aliphatic carbocycles. The van der Waals surface area contributed by atoms with Crippen LogP contribution in [0.5, 0.6) is 0 Å². The first-order valence-corrected chi connectivity index (χ1v) is 8.68. The molecule has 1 fully saturated rings. The zero-order valence-corrected chi connectivity index (χ0v) is 13.2. The van der Waals surface area contributed by atoms with Crippen molar-refractivity contribution >= 4 is 48.8 Å². The zero-order valence-electron chi connectivity index (χ0n) is 10.1. The average Bonchev–Trinajstić information content (AvgIpc) is 2.37. The molecule has 20 heavy (non-hydrogen) atoms. The fraction of sp³-hybridized carbons (Fsp3) is 0.364. The summed E-state index contributed by atoms with van der Waals surface area (Å²) in [6, 6.07) is 2.30. The Morgan fingerprint density at radius 1 is 1.15 bits per heavy atom. The molecular formula is C11H10Cl3NO4S. The molecule has 1 saturated heterocycles. The minimum atomic E-state index is -4.05. The highest BCUT2D eigenvalue weighted by Crippen LogP contribution is 2.31. The molecule has 0 aromatic heterocycles. The molecule has 5 nitrogen and oxygen atoms in total. The smallest absolute Gasteiger partial charge is 0.262 e. The first-order valence-electron chi connectivity index (χ1n) is 5.61. The third kappa shape index (κ3) is 3.38. The van der Waals surface area contributed by atoms with Gasteiger partial charge in [0.05, 0.1) is 28.8 Å². The van der Waals surface area contributed by atoms with Crippen LogP contribution >= 0.6 is 33.9 Å². The minimum absolute atomic E-state index is 0.0530. The largest absolute Gasteiger partial charge is 0.378 e. The Bertz CT molecular complexity index is 641. The summed E-state index contributed by atoms with van der Waals surface area (Å²) in [6.07, 6.45) is 0. The number of benzene rings is 1. The Morgan fingerprint density at radius 3 is 2.30 bits per heavy atom. The van der Waals surface area contributed by atoms with Crippen LogP contribution in [0.3, 0.4) is 0 Å². The molecule has 0 bridgehead atoms. The second-order valence-corrected chi connectivity index (χ2v) is 7.45. The molecular weight excluding hydrogens is 349 g/mol. The first kappa shape index (κ1) is 15.9. The van der Waals surface area contributed by atoms with Gasteiger partial charge in [0, 0.05) is 23.8 Å². The number of halogens is 3. The number of amides is 1. The molecule has 0 unspecified atom stereocenters. The van der Waals surface area contributed by atoms with Gasteiger partial charge in [-0.1, -0.05) is 23.2 Å². The summed E-state index contributed by atoms with van der Waals surface area (Å²) in [4.78, 5) is 13.5. The van der Waals surface area contributed by atoms with Crippen molar-refractivity contribution in [3.05, 3.63) is 27.7 Å². The van der Waals surface area contributed by atoms with Crippen molar-refractivity contribution in [2.75, 3.05) is 26.3 Å². The van der Waals surface area contributed by atoms with E-state index in [-0.39, 0.29) is 26.4 Å². The number of hydrogen-bond acceptors (Lipinski definition) is 4. The second-order valence-electron chi connectivity index (χ2n) is 4.10. The van der Waals surface area contributed by atoms with E-state index in [1.807, 2.05) is 0 Å². The highest BCUT2D eigenvalue weighted by molar-refractivity contribution is 8.13. The average molecular weight is 359 g/mol. The van der Waals surface area contributed by atoms with Crippen LogP contribution in [0.1, 0.15) is 10.4 Å². The summed E-state index contributed by atoms with van der Waals surface area (Å²) in [7, 11) is 1.23. The van der Waals surface area contributed by atoms with Gasteiger partial charge < -0.3 is 9.64 Å². The van der Waals surface area contributed by atoms with E-state index in [0.29, 0.717) is 26.3 Å². The minimum Gasteiger partial charge on any atom is -0.378 e. The Hall–Kier alpha value is -0.530. The lowest BCUT2D eigenvalue weighted by molar-refractivity contribution is 0.0303. The molecule has 1 aliphatic rings. The molecule has 1 heterocycles. The molecule has 2 rings (SSSR count). The molecule has 1 aromatic carbocycles. The van der Waals surface area contributed by atoms with E-state index in [2.05, 4.69) is 0 Å². The third-order valence-electron chi connectivity index (χ3n) is 2.81. The van der Waals surface area contributed by atoms with E-state index in [4.69, 9.17) is 38.6 Å². The lowest BCUT2D eigenvalue weighted by atomic mass is 10.2. The molecule has 0 atom stereocenters. The van der Waals surface area contributed by atoms with Crippen molar-refractivity contribution in [1.29, 1.82) is 0 Å². The number of morpholine rings is 1. The van der Waals surface area contributed by atoms with Crippen molar-refractivity contribution in [2.45, 2.75) is 4.90 Å². The van der Waals surface area contributed by atoms with Gasteiger partial charge in [0.25, 0.3) is 15.0 Å². The van der Waals surface area contributed by atoms with Crippen molar-refractivity contribution in [2.24, 2.45) is 0 Å². The summed E-state index contributed by atoms with van der Waals surface area (Å²) in [5.74, 6) is -0.378. The maximum absolute atomic E-state index is 12.3. The fourth-order valence-electron chi connectivity index (χ4n) is 1.82. The number of nitrogens with zero attached hydrogens (tertiary/aromatic N) is 1. The summed E-state index contributed by atoms with van der Waals surface area (Å²) in [6.45, 7) is 1.69. The number of rotatable bonds is 2. The lowest BCUT2D eigenvalue weighted by Crippen LogP contribution is -2.40. The molecule has 1 amide bonds. The quantitative estimate of drug-likeness (QED) is 0.762. The molecule has 9 heteroatoms. The predicted molar refractivity (Wildman–Crippen MR) is 76.2 cm³/mol. The molecule has 110 valence electrons. The van der Waals surface area contributed by atoms with E-state index in [1.54, 1.807) is 0 Å². The van der Waals surface area contributed by atoms with Gasteiger partial charge in [0.1, 0.15) is 4.90 Å². The standard InChI is InChI=1S/C11H10Cl3NO4S/c12-8-6-9(13)10(20(14,17)18)5-7(8)11(16)15-1-3-19-4-2-15/h5-6H,1-4H2. The van der Waals surface area contributed by atoms with Gasteiger partial charge in [0.2, 0.25) is 0 Å². The van der Waals surface area contributed by atoms with E-state index >= 15 is 0 Å². The van der Waals surface area contributed by atoms with Gasteiger partial charge in [-0.25, -0.2) is 8.42 Å². The van der Waals surface area contributed by atoms with Gasteiger partial charge in [-0.2, -0.15) is 0 Å². The van der Waals surface area contributed by atoms with Crippen LogP contribution < -0.4 is 0 Å². The molecule has 0 saturated carbocycles. The first-order chi connectivity index (χ1) is 9.30. The van der Waals surface area contributed by atoms with Gasteiger partial charge in [-0.3, -0.25) is 4.79 Å². The predicted octanol–water partition coefficient (Wildman–Crippen LogP) is 2.39. The number of carbonyl (C=O) groups excluding carboxylic acids is 1. The molecule has 0 spiro atoms. The number of hydrogen-bond donors (Lipinski definition) is 0. The molecule has 1 aromatic rings. The number of ether oxygens (including phenoxy) is 1. The number of carbonyl (C=O) groups is 1. The van der Waals surface area contributed by atoms with Crippen LogP contribution in [-0.4, -0.2) is 45.5 Å². The summed E-state index contributed by atoms with van der Waals surface area (Å²) in [5, 5.41) is -0.0425. The van der Waals surface area contributed by atoms with Crippen molar-refractivity contribution in [1.82, 2.24) is 4.90 Å². The highest BCUT2D eigenvalue weighted by atomic mass is 35.7. The zero-order chi connectivity index (χ0) is 14.9. The molecule has 0 N–H and O–H groups in total. The Kier molecular flexibility index (Phi) is 4.81. The van der Waals surface area contributed by atoms with Crippen molar-refractivity contribution in [3.63, 3.8) is 0 Å². The summed E-state index contributed by atoms with van der Waals surface area (Å²) in [5.41, 5.74) is 0.0530. The van der Waals surface area contributed by atoms with Crippen LogP contribution in [-0.2, 0) is 13.8 Å². The monoisotopic (exact) mass is 357 g/mol. The van der Waals surface area contributed by atoms with Crippen LogP contribution in [0.4, 0.5) is 0 Å². The highest BCUT2D eigenvalue weighted by Gasteiger charge is 2.25. The van der Waals surface area contributed by atoms with Crippen molar-refractivity contribution in [3.8, 4) is 0 Å². The van der Waals surface area contributed by atoms with Crippen molar-refractivity contribution < 1.29 is 17.9 Å². The van der Waals surface area contributed by atoms with Crippen LogP contribution in [0.25, 0.3) is 0 Å². The van der Waals surface area contributed by atoms with Crippen LogP contribution in [0.15, 0.2) is 17.0 Å². The van der Waals surface area contributed by atoms with Gasteiger partial charge in [0.15, 0.2) is 0 Å².